The van der Waals surface area contributed by atoms with Crippen LogP contribution in [0.5, 0.6) is 0 Å². The van der Waals surface area contributed by atoms with Crippen LogP contribution in [0.2, 0.25) is 0 Å². The lowest BCUT2D eigenvalue weighted by atomic mass is 9.79. The van der Waals surface area contributed by atoms with Crippen molar-refractivity contribution in [2.45, 2.75) is 44.6 Å². The molecule has 1 aromatic carbocycles. The number of rotatable bonds is 6. The third kappa shape index (κ3) is 5.00. The van der Waals surface area contributed by atoms with E-state index >= 15 is 0 Å². The number of hydrogen-bond acceptors (Lipinski definition) is 5. The summed E-state index contributed by atoms with van der Waals surface area (Å²) >= 11 is 0. The number of carbonyl (C=O) groups is 2. The molecule has 2 amide bonds. The lowest BCUT2D eigenvalue weighted by Crippen LogP contribution is -2.59. The highest BCUT2D eigenvalue weighted by molar-refractivity contribution is 6.09. The van der Waals surface area contributed by atoms with Gasteiger partial charge in [0.2, 0.25) is 0 Å². The predicted octanol–water partition coefficient (Wildman–Crippen LogP) is 3.41. The maximum absolute atomic E-state index is 13.3. The van der Waals surface area contributed by atoms with Crippen LogP contribution in [0.25, 0.3) is 0 Å². The summed E-state index contributed by atoms with van der Waals surface area (Å²) in [4.78, 5) is 32.5. The van der Waals surface area contributed by atoms with E-state index < -0.39 is 0 Å². The molecule has 7 nitrogen and oxygen atoms in total. The first kappa shape index (κ1) is 22.4. The minimum atomic E-state index is -0.257. The highest BCUT2D eigenvalue weighted by atomic mass is 16.5. The average Bonchev–Trinajstić information content (AvgIpc) is 2.85. The third-order valence-electron chi connectivity index (χ3n) is 6.74. The zero-order valence-corrected chi connectivity index (χ0v) is 18.7. The number of anilines is 1. The van der Waals surface area contributed by atoms with Crippen molar-refractivity contribution in [3.63, 3.8) is 0 Å². The minimum absolute atomic E-state index is 0.0119. The van der Waals surface area contributed by atoms with Gasteiger partial charge in [0, 0.05) is 43.1 Å². The van der Waals surface area contributed by atoms with Gasteiger partial charge in [-0.25, -0.2) is 0 Å². The molecule has 2 aliphatic rings. The Morgan fingerprint density at radius 1 is 1.03 bits per heavy atom. The number of nitrogens with zero attached hydrogens (tertiary/aromatic N) is 2. The number of aryl methyl sites for hydroxylation is 1. The van der Waals surface area contributed by atoms with E-state index in [0.29, 0.717) is 23.4 Å². The summed E-state index contributed by atoms with van der Waals surface area (Å²) in [5, 5.41) is 6.14. The second-order valence-corrected chi connectivity index (χ2v) is 8.75. The lowest BCUT2D eigenvalue weighted by molar-refractivity contribution is -0.0361. The topological polar surface area (TPSA) is 83.6 Å². The van der Waals surface area contributed by atoms with E-state index in [2.05, 4.69) is 20.5 Å². The van der Waals surface area contributed by atoms with Gasteiger partial charge in [0.1, 0.15) is 0 Å². The first-order valence-corrected chi connectivity index (χ1v) is 11.5. The van der Waals surface area contributed by atoms with Crippen LogP contribution in [-0.4, -0.2) is 60.1 Å². The van der Waals surface area contributed by atoms with Crippen LogP contribution in [0, 0.1) is 6.92 Å². The Labute approximate surface area is 189 Å². The molecule has 1 saturated heterocycles. The van der Waals surface area contributed by atoms with E-state index in [0.717, 1.165) is 44.7 Å². The molecule has 0 atom stereocenters. The number of amides is 2. The van der Waals surface area contributed by atoms with Gasteiger partial charge in [0.05, 0.1) is 24.5 Å². The molecule has 0 bridgehead atoms. The minimum Gasteiger partial charge on any atom is -0.379 e. The van der Waals surface area contributed by atoms with Gasteiger partial charge in [0.25, 0.3) is 11.8 Å². The van der Waals surface area contributed by atoms with Gasteiger partial charge in [-0.3, -0.25) is 19.5 Å². The first-order chi connectivity index (χ1) is 15.6. The Balaban J connectivity index is 1.50. The van der Waals surface area contributed by atoms with Crippen LogP contribution in [0.4, 0.5) is 5.69 Å². The number of nitrogens with one attached hydrogen (secondary N) is 2. The highest BCUT2D eigenvalue weighted by Gasteiger charge is 2.39. The molecule has 1 aliphatic heterocycles. The molecule has 2 fully saturated rings. The van der Waals surface area contributed by atoms with E-state index in [9.17, 15) is 9.59 Å². The molecule has 7 heteroatoms. The number of morpholine rings is 1. The molecule has 32 heavy (non-hydrogen) atoms. The summed E-state index contributed by atoms with van der Waals surface area (Å²) in [6, 6.07) is 8.83. The van der Waals surface area contributed by atoms with E-state index in [1.54, 1.807) is 30.6 Å². The van der Waals surface area contributed by atoms with E-state index in [4.69, 9.17) is 4.74 Å². The number of benzene rings is 1. The zero-order chi connectivity index (χ0) is 22.4. The summed E-state index contributed by atoms with van der Waals surface area (Å²) in [6.45, 7) is 5.82. The molecule has 4 rings (SSSR count). The molecule has 2 aromatic rings. The SMILES string of the molecule is Cc1cccc(C(=O)NCC2(N3CCOCC3)CCCCC2)c1NC(=O)c1ccncc1. The number of ether oxygens (including phenoxy) is 1. The zero-order valence-electron chi connectivity index (χ0n) is 18.7. The number of carbonyl (C=O) groups excluding carboxylic acids is 2. The Morgan fingerprint density at radius 3 is 2.47 bits per heavy atom. The van der Waals surface area contributed by atoms with E-state index in [1.807, 2.05) is 19.1 Å². The van der Waals surface area contributed by atoms with E-state index in [-0.39, 0.29) is 17.4 Å². The molecule has 170 valence electrons. The number of pyridine rings is 1. The quantitative estimate of drug-likeness (QED) is 0.725. The molecule has 2 heterocycles. The normalized spacial score (nSPS) is 18.7. The van der Waals surface area contributed by atoms with E-state index in [1.165, 1.54) is 19.3 Å². The second kappa shape index (κ2) is 10.2. The molecule has 1 aliphatic carbocycles. The van der Waals surface area contributed by atoms with Crippen molar-refractivity contribution in [2.24, 2.45) is 0 Å². The van der Waals surface area contributed by atoms with Crippen LogP contribution in [-0.2, 0) is 4.74 Å². The highest BCUT2D eigenvalue weighted by Crippen LogP contribution is 2.34. The van der Waals surface area contributed by atoms with Crippen molar-refractivity contribution < 1.29 is 14.3 Å². The Morgan fingerprint density at radius 2 is 1.75 bits per heavy atom. The maximum atomic E-state index is 13.3. The average molecular weight is 437 g/mol. The summed E-state index contributed by atoms with van der Waals surface area (Å²) in [6.07, 6.45) is 8.96. The van der Waals surface area contributed by atoms with Crippen molar-refractivity contribution in [1.82, 2.24) is 15.2 Å². The Hall–Kier alpha value is -2.77. The van der Waals surface area contributed by atoms with Gasteiger partial charge >= 0.3 is 0 Å². The molecular formula is C25H32N4O3. The number of hydrogen-bond donors (Lipinski definition) is 2. The summed E-state index contributed by atoms with van der Waals surface area (Å²) in [7, 11) is 0. The first-order valence-electron chi connectivity index (χ1n) is 11.5. The smallest absolute Gasteiger partial charge is 0.255 e. The molecule has 2 N–H and O–H groups in total. The second-order valence-electron chi connectivity index (χ2n) is 8.75. The predicted molar refractivity (Wildman–Crippen MR) is 124 cm³/mol. The van der Waals surface area contributed by atoms with Crippen LogP contribution in [0.1, 0.15) is 58.4 Å². The van der Waals surface area contributed by atoms with Crippen molar-refractivity contribution in [3.8, 4) is 0 Å². The van der Waals surface area contributed by atoms with Gasteiger partial charge in [0.15, 0.2) is 0 Å². The fourth-order valence-electron chi connectivity index (χ4n) is 4.90. The van der Waals surface area contributed by atoms with Crippen molar-refractivity contribution in [3.05, 3.63) is 59.4 Å². The number of aromatic nitrogens is 1. The van der Waals surface area contributed by atoms with Gasteiger partial charge in [-0.05, 0) is 43.5 Å². The van der Waals surface area contributed by atoms with Gasteiger partial charge in [-0.15, -0.1) is 0 Å². The number of para-hydroxylation sites is 1. The Bertz CT molecular complexity index is 935. The van der Waals surface area contributed by atoms with Gasteiger partial charge < -0.3 is 15.4 Å². The Kier molecular flexibility index (Phi) is 7.17. The van der Waals surface area contributed by atoms with Crippen LogP contribution in [0.15, 0.2) is 42.7 Å². The largest absolute Gasteiger partial charge is 0.379 e. The summed E-state index contributed by atoms with van der Waals surface area (Å²) < 4.78 is 5.56. The molecule has 1 saturated carbocycles. The van der Waals surface area contributed by atoms with Crippen LogP contribution in [0.3, 0.4) is 0 Å². The van der Waals surface area contributed by atoms with Crippen molar-refractivity contribution >= 4 is 17.5 Å². The van der Waals surface area contributed by atoms with Gasteiger partial charge in [-0.2, -0.15) is 0 Å². The van der Waals surface area contributed by atoms with Crippen LogP contribution >= 0.6 is 0 Å². The summed E-state index contributed by atoms with van der Waals surface area (Å²) in [5.74, 6) is -0.412. The van der Waals surface area contributed by atoms with Crippen LogP contribution < -0.4 is 10.6 Å². The third-order valence-corrected chi connectivity index (χ3v) is 6.74. The standard InChI is InChI=1S/C25H32N4O3/c1-19-6-5-7-21(22(19)28-23(30)20-8-12-26-13-9-20)24(31)27-18-25(10-3-2-4-11-25)29-14-16-32-17-15-29/h5-9,12-13H,2-4,10-11,14-18H2,1H3,(H,27,31)(H,28,30). The van der Waals surface area contributed by atoms with Crippen molar-refractivity contribution in [1.29, 1.82) is 0 Å². The summed E-state index contributed by atoms with van der Waals surface area (Å²) in [5.41, 5.74) is 2.38. The van der Waals surface area contributed by atoms with Gasteiger partial charge in [-0.1, -0.05) is 31.4 Å². The molecule has 0 radical (unpaired) electrons. The monoisotopic (exact) mass is 436 g/mol. The maximum Gasteiger partial charge on any atom is 0.255 e. The molecule has 0 spiro atoms. The fraction of sp³-hybridized carbons (Fsp3) is 0.480. The molecular weight excluding hydrogens is 404 g/mol. The molecule has 1 aromatic heterocycles. The lowest BCUT2D eigenvalue weighted by Gasteiger charge is -2.48. The fourth-order valence-corrected chi connectivity index (χ4v) is 4.90. The molecule has 0 unspecified atom stereocenters. The van der Waals surface area contributed by atoms with Crippen molar-refractivity contribution in [2.75, 3.05) is 38.2 Å².